The van der Waals surface area contributed by atoms with Crippen molar-refractivity contribution in [3.63, 3.8) is 0 Å². The fourth-order valence-corrected chi connectivity index (χ4v) is 3.42. The van der Waals surface area contributed by atoms with Gasteiger partial charge in [0.1, 0.15) is 0 Å². The molecule has 1 atom stereocenters. The summed E-state index contributed by atoms with van der Waals surface area (Å²) < 4.78 is 5.38. The third kappa shape index (κ3) is 7.55. The summed E-state index contributed by atoms with van der Waals surface area (Å²) in [6.45, 7) is 11.7. The fraction of sp³-hybridized carbons (Fsp3) is 0.611. The van der Waals surface area contributed by atoms with Crippen LogP contribution in [-0.2, 0) is 4.74 Å². The lowest BCUT2D eigenvalue weighted by atomic mass is 10.4. The summed E-state index contributed by atoms with van der Waals surface area (Å²) in [5, 5.41) is 7.21. The van der Waals surface area contributed by atoms with Crippen LogP contribution in [0.2, 0.25) is 0 Å². The highest BCUT2D eigenvalue weighted by molar-refractivity contribution is 8.00. The highest BCUT2D eigenvalue weighted by atomic mass is 32.2. The molecule has 5 nitrogen and oxygen atoms in total. The lowest BCUT2D eigenvalue weighted by Crippen LogP contribution is -2.44. The molecule has 2 N–H and O–H groups in total. The standard InChI is InChI=1S/C18H30N4OS/c1-3-19-18(20-9-10-22-11-13-23-14-12-22)21-15-16(2)24-17-7-5-4-6-8-17/h4-8,16H,3,9-15H2,1-2H3,(H2,19,20,21). The third-order valence-electron chi connectivity index (χ3n) is 3.76. The molecule has 1 unspecified atom stereocenters. The van der Waals surface area contributed by atoms with Crippen LogP contribution in [0, 0.1) is 0 Å². The normalized spacial score (nSPS) is 17.5. The van der Waals surface area contributed by atoms with Crippen LogP contribution in [-0.4, -0.2) is 68.6 Å². The van der Waals surface area contributed by atoms with Gasteiger partial charge in [-0.05, 0) is 19.1 Å². The summed E-state index contributed by atoms with van der Waals surface area (Å²) in [6.07, 6.45) is 0. The molecule has 24 heavy (non-hydrogen) atoms. The van der Waals surface area contributed by atoms with Crippen molar-refractivity contribution in [2.75, 3.05) is 52.5 Å². The van der Waals surface area contributed by atoms with Crippen molar-refractivity contribution in [2.24, 2.45) is 4.99 Å². The molecule has 1 aliphatic rings. The van der Waals surface area contributed by atoms with Gasteiger partial charge in [0.25, 0.3) is 0 Å². The average molecular weight is 351 g/mol. The van der Waals surface area contributed by atoms with Gasteiger partial charge in [0, 0.05) is 42.9 Å². The molecule has 1 aromatic carbocycles. The molecule has 134 valence electrons. The molecule has 1 saturated heterocycles. The molecule has 1 heterocycles. The van der Waals surface area contributed by atoms with Crippen molar-refractivity contribution in [2.45, 2.75) is 24.0 Å². The van der Waals surface area contributed by atoms with Crippen molar-refractivity contribution in [3.8, 4) is 0 Å². The van der Waals surface area contributed by atoms with E-state index in [1.807, 2.05) is 11.8 Å². The lowest BCUT2D eigenvalue weighted by molar-refractivity contribution is 0.0389. The fourth-order valence-electron chi connectivity index (χ4n) is 2.49. The van der Waals surface area contributed by atoms with Crippen LogP contribution >= 0.6 is 11.8 Å². The first-order chi connectivity index (χ1) is 11.8. The summed E-state index contributed by atoms with van der Waals surface area (Å²) in [5.41, 5.74) is 0. The number of nitrogens with zero attached hydrogens (tertiary/aromatic N) is 2. The molecule has 0 bridgehead atoms. The van der Waals surface area contributed by atoms with Gasteiger partial charge in [-0.2, -0.15) is 0 Å². The van der Waals surface area contributed by atoms with Crippen molar-refractivity contribution in [1.29, 1.82) is 0 Å². The molecule has 0 spiro atoms. The lowest BCUT2D eigenvalue weighted by Gasteiger charge is -2.26. The Bertz CT molecular complexity index is 477. The van der Waals surface area contributed by atoms with Crippen LogP contribution in [0.5, 0.6) is 0 Å². The first-order valence-corrected chi connectivity index (χ1v) is 9.70. The Kier molecular flexibility index (Phi) is 9.02. The van der Waals surface area contributed by atoms with Crippen LogP contribution in [0.15, 0.2) is 40.2 Å². The zero-order valence-corrected chi connectivity index (χ0v) is 15.6. The molecule has 0 radical (unpaired) electrons. The maximum Gasteiger partial charge on any atom is 0.191 e. The number of nitrogens with one attached hydrogen (secondary N) is 2. The molecule has 1 aliphatic heterocycles. The van der Waals surface area contributed by atoms with Crippen LogP contribution in [0.4, 0.5) is 0 Å². The van der Waals surface area contributed by atoms with Crippen LogP contribution in [0.3, 0.4) is 0 Å². The van der Waals surface area contributed by atoms with E-state index in [2.05, 4.69) is 59.7 Å². The number of aliphatic imine (C=N–C) groups is 1. The number of rotatable bonds is 8. The smallest absolute Gasteiger partial charge is 0.191 e. The molecule has 6 heteroatoms. The number of hydrogen-bond acceptors (Lipinski definition) is 4. The van der Waals surface area contributed by atoms with Gasteiger partial charge < -0.3 is 15.4 Å². The third-order valence-corrected chi connectivity index (χ3v) is 4.85. The van der Waals surface area contributed by atoms with Crippen LogP contribution in [0.1, 0.15) is 13.8 Å². The van der Waals surface area contributed by atoms with Crippen molar-refractivity contribution < 1.29 is 4.74 Å². The maximum atomic E-state index is 5.38. The van der Waals surface area contributed by atoms with E-state index < -0.39 is 0 Å². The zero-order valence-electron chi connectivity index (χ0n) is 14.8. The molecule has 0 saturated carbocycles. The van der Waals surface area contributed by atoms with Crippen LogP contribution in [0.25, 0.3) is 0 Å². The molecular formula is C18H30N4OS. The van der Waals surface area contributed by atoms with E-state index >= 15 is 0 Å². The Balaban J connectivity index is 1.72. The second kappa shape index (κ2) is 11.3. The zero-order chi connectivity index (χ0) is 17.0. The molecule has 0 aliphatic carbocycles. The van der Waals surface area contributed by atoms with E-state index in [1.54, 1.807) is 0 Å². The SMILES string of the molecule is CCNC(=NCC(C)Sc1ccccc1)NCCN1CCOCC1. The summed E-state index contributed by atoms with van der Waals surface area (Å²) in [6, 6.07) is 10.5. The van der Waals surface area contributed by atoms with E-state index in [0.29, 0.717) is 5.25 Å². The molecule has 1 aromatic rings. The highest BCUT2D eigenvalue weighted by Gasteiger charge is 2.10. The Morgan fingerprint density at radius 1 is 1.25 bits per heavy atom. The summed E-state index contributed by atoms with van der Waals surface area (Å²) >= 11 is 1.87. The van der Waals surface area contributed by atoms with Gasteiger partial charge in [0.05, 0.1) is 19.8 Å². The topological polar surface area (TPSA) is 48.9 Å². The molecule has 1 fully saturated rings. The molecule has 0 amide bonds. The molecular weight excluding hydrogens is 320 g/mol. The van der Waals surface area contributed by atoms with Crippen molar-refractivity contribution >= 4 is 17.7 Å². The Morgan fingerprint density at radius 3 is 2.71 bits per heavy atom. The molecule has 2 rings (SSSR count). The van der Waals surface area contributed by atoms with E-state index in [4.69, 9.17) is 9.73 Å². The Labute approximate surface area is 150 Å². The van der Waals surface area contributed by atoms with Crippen molar-refractivity contribution in [3.05, 3.63) is 30.3 Å². The molecule has 0 aromatic heterocycles. The number of morpholine rings is 1. The minimum Gasteiger partial charge on any atom is -0.379 e. The van der Waals surface area contributed by atoms with Crippen LogP contribution < -0.4 is 10.6 Å². The van der Waals surface area contributed by atoms with Gasteiger partial charge in [0.15, 0.2) is 5.96 Å². The van der Waals surface area contributed by atoms with Crippen molar-refractivity contribution in [1.82, 2.24) is 15.5 Å². The predicted octanol–water partition coefficient (Wildman–Crippen LogP) is 2.05. The summed E-state index contributed by atoms with van der Waals surface area (Å²) in [7, 11) is 0. The van der Waals surface area contributed by atoms with Gasteiger partial charge in [0.2, 0.25) is 0 Å². The summed E-state index contributed by atoms with van der Waals surface area (Å²) in [5.74, 6) is 0.909. The predicted molar refractivity (Wildman–Crippen MR) is 103 cm³/mol. The van der Waals surface area contributed by atoms with E-state index in [-0.39, 0.29) is 0 Å². The number of hydrogen-bond donors (Lipinski definition) is 2. The minimum absolute atomic E-state index is 0.446. The van der Waals surface area contributed by atoms with Gasteiger partial charge in [-0.1, -0.05) is 25.1 Å². The highest BCUT2D eigenvalue weighted by Crippen LogP contribution is 2.22. The van der Waals surface area contributed by atoms with Gasteiger partial charge >= 0.3 is 0 Å². The van der Waals surface area contributed by atoms with Gasteiger partial charge in [-0.3, -0.25) is 9.89 Å². The second-order valence-corrected chi connectivity index (χ2v) is 7.35. The van der Waals surface area contributed by atoms with E-state index in [9.17, 15) is 0 Å². The minimum atomic E-state index is 0.446. The number of guanidine groups is 1. The quantitative estimate of drug-likeness (QED) is 0.427. The van der Waals surface area contributed by atoms with E-state index in [1.165, 1.54) is 4.90 Å². The second-order valence-electron chi connectivity index (χ2n) is 5.84. The monoisotopic (exact) mass is 350 g/mol. The average Bonchev–Trinajstić information content (AvgIpc) is 2.61. The number of benzene rings is 1. The first kappa shape index (κ1) is 19.1. The Morgan fingerprint density at radius 2 is 2.00 bits per heavy atom. The largest absolute Gasteiger partial charge is 0.379 e. The Hall–Kier alpha value is -1.24. The van der Waals surface area contributed by atoms with E-state index in [0.717, 1.165) is 58.4 Å². The summed E-state index contributed by atoms with van der Waals surface area (Å²) in [4.78, 5) is 8.44. The van der Waals surface area contributed by atoms with Gasteiger partial charge in [-0.15, -0.1) is 11.8 Å². The number of thioether (sulfide) groups is 1. The first-order valence-electron chi connectivity index (χ1n) is 8.82. The maximum absolute atomic E-state index is 5.38. The van der Waals surface area contributed by atoms with Gasteiger partial charge in [-0.25, -0.2) is 0 Å². The number of ether oxygens (including phenoxy) is 1.